The van der Waals surface area contributed by atoms with E-state index < -0.39 is 5.82 Å². The fourth-order valence-electron chi connectivity index (χ4n) is 3.12. The normalized spacial score (nSPS) is 12.9. The second-order valence-corrected chi connectivity index (χ2v) is 6.80. The van der Waals surface area contributed by atoms with E-state index in [0.29, 0.717) is 33.3 Å². The van der Waals surface area contributed by atoms with E-state index in [1.54, 1.807) is 19.2 Å². The Balaban J connectivity index is 2.02. The van der Waals surface area contributed by atoms with E-state index in [9.17, 15) is 9.18 Å². The minimum absolute atomic E-state index is 0.0903. The van der Waals surface area contributed by atoms with E-state index in [0.717, 1.165) is 6.42 Å². The van der Waals surface area contributed by atoms with Crippen LogP contribution >= 0.6 is 0 Å². The molecule has 0 saturated heterocycles. The summed E-state index contributed by atoms with van der Waals surface area (Å²) in [4.78, 5) is 19.3. The number of nitrogens with one attached hydrogen (secondary N) is 1. The van der Waals surface area contributed by atoms with Crippen LogP contribution < -0.4 is 16.0 Å². The summed E-state index contributed by atoms with van der Waals surface area (Å²) in [6.07, 6.45) is 2.41. The highest BCUT2D eigenvalue weighted by atomic mass is 19.1. The van der Waals surface area contributed by atoms with Crippen LogP contribution in [0.3, 0.4) is 0 Å². The summed E-state index contributed by atoms with van der Waals surface area (Å²) in [6.45, 7) is 6.13. The molecule has 2 aromatic heterocycles. The van der Waals surface area contributed by atoms with Crippen LogP contribution in [0.5, 0.6) is 5.75 Å². The zero-order valence-electron chi connectivity index (χ0n) is 14.6. The van der Waals surface area contributed by atoms with Crippen molar-refractivity contribution in [2.45, 2.75) is 33.2 Å². The molecular formula is C19H22FN3O2. The van der Waals surface area contributed by atoms with Crippen molar-refractivity contribution in [3.8, 4) is 5.75 Å². The number of nitrogens with two attached hydrogens (primary N) is 1. The van der Waals surface area contributed by atoms with Crippen LogP contribution in [0.1, 0.15) is 26.0 Å². The maximum absolute atomic E-state index is 14.5. The van der Waals surface area contributed by atoms with Crippen LogP contribution in [0.15, 0.2) is 29.2 Å². The molecular weight excluding hydrogens is 321 g/mol. The average Bonchev–Trinajstić information content (AvgIpc) is 2.53. The third kappa shape index (κ3) is 3.49. The van der Waals surface area contributed by atoms with Gasteiger partial charge in [-0.1, -0.05) is 13.8 Å². The van der Waals surface area contributed by atoms with Gasteiger partial charge in [0, 0.05) is 23.7 Å². The number of aromatic amines is 1. The first-order valence-corrected chi connectivity index (χ1v) is 8.36. The van der Waals surface area contributed by atoms with Gasteiger partial charge in [0.1, 0.15) is 6.61 Å². The molecule has 25 heavy (non-hydrogen) atoms. The molecule has 3 N–H and O–H groups in total. The van der Waals surface area contributed by atoms with Crippen molar-refractivity contribution < 1.29 is 9.13 Å². The van der Waals surface area contributed by atoms with Crippen LogP contribution in [0, 0.1) is 18.7 Å². The summed E-state index contributed by atoms with van der Waals surface area (Å²) >= 11 is 0. The van der Waals surface area contributed by atoms with Gasteiger partial charge in [-0.3, -0.25) is 9.78 Å². The first kappa shape index (κ1) is 17.4. The van der Waals surface area contributed by atoms with E-state index in [4.69, 9.17) is 10.5 Å². The number of aryl methyl sites for hydroxylation is 1. The highest BCUT2D eigenvalue weighted by molar-refractivity contribution is 6.06. The second kappa shape index (κ2) is 6.80. The lowest BCUT2D eigenvalue weighted by atomic mass is 10.1. The third-order valence-electron chi connectivity index (χ3n) is 4.21. The van der Waals surface area contributed by atoms with E-state index >= 15 is 0 Å². The van der Waals surface area contributed by atoms with Gasteiger partial charge in [0.2, 0.25) is 0 Å². The Bertz CT molecular complexity index is 982. The lowest BCUT2D eigenvalue weighted by Crippen LogP contribution is -2.29. The number of hydrogen-bond acceptors (Lipinski definition) is 4. The Morgan fingerprint density at radius 2 is 2.08 bits per heavy atom. The molecule has 1 unspecified atom stereocenters. The number of rotatable bonds is 5. The first-order chi connectivity index (χ1) is 11.9. The minimum atomic E-state index is -0.480. The van der Waals surface area contributed by atoms with Crippen LogP contribution in [-0.2, 0) is 0 Å². The predicted molar refractivity (Wildman–Crippen MR) is 97.5 cm³/mol. The summed E-state index contributed by atoms with van der Waals surface area (Å²) < 4.78 is 20.0. The molecule has 1 atom stereocenters. The molecule has 1 aromatic carbocycles. The number of pyridine rings is 2. The number of ether oxygens (including phenoxy) is 1. The zero-order chi connectivity index (χ0) is 18.1. The minimum Gasteiger partial charge on any atom is -0.489 e. The van der Waals surface area contributed by atoms with Crippen LogP contribution in [0.25, 0.3) is 21.7 Å². The molecule has 0 spiro atoms. The number of fused-ring (bicyclic) bond motifs is 3. The van der Waals surface area contributed by atoms with Crippen molar-refractivity contribution in [3.05, 3.63) is 46.3 Å². The maximum Gasteiger partial charge on any atom is 0.258 e. The Morgan fingerprint density at radius 1 is 1.32 bits per heavy atom. The third-order valence-corrected chi connectivity index (χ3v) is 4.21. The highest BCUT2D eigenvalue weighted by Crippen LogP contribution is 2.28. The molecule has 3 aromatic rings. The Morgan fingerprint density at radius 3 is 2.80 bits per heavy atom. The fraction of sp³-hybridized carbons (Fsp3) is 0.368. The van der Waals surface area contributed by atoms with Gasteiger partial charge >= 0.3 is 0 Å². The van der Waals surface area contributed by atoms with Gasteiger partial charge in [-0.05, 0) is 36.8 Å². The number of benzene rings is 1. The monoisotopic (exact) mass is 343 g/mol. The summed E-state index contributed by atoms with van der Waals surface area (Å²) in [5.41, 5.74) is 6.88. The summed E-state index contributed by atoms with van der Waals surface area (Å²) in [7, 11) is 0. The highest BCUT2D eigenvalue weighted by Gasteiger charge is 2.14. The Hall–Kier alpha value is -2.47. The van der Waals surface area contributed by atoms with Gasteiger partial charge in [0.15, 0.2) is 11.6 Å². The predicted octanol–water partition coefficient (Wildman–Crippen LogP) is 3.28. The molecule has 0 aliphatic rings. The van der Waals surface area contributed by atoms with E-state index in [2.05, 4.69) is 23.8 Å². The fourth-order valence-corrected chi connectivity index (χ4v) is 3.12. The summed E-state index contributed by atoms with van der Waals surface area (Å²) in [5.74, 6) is 0.0548. The number of halogens is 1. The van der Waals surface area contributed by atoms with Crippen molar-refractivity contribution in [2.24, 2.45) is 11.7 Å². The molecule has 0 saturated carbocycles. The lowest BCUT2D eigenvalue weighted by Gasteiger charge is -2.16. The second-order valence-electron chi connectivity index (χ2n) is 6.80. The standard InChI is InChI=1S/C19H22FN3O2/c1-10(2)6-12(21)9-25-17-8-16-14(7-15(17)20)13-4-5-22-11(3)18(13)19(24)23-16/h4-5,7-8,10,12H,6,9,21H2,1-3H3,(H,23,24). The first-order valence-electron chi connectivity index (χ1n) is 8.36. The lowest BCUT2D eigenvalue weighted by molar-refractivity contribution is 0.260. The van der Waals surface area contributed by atoms with Crippen molar-refractivity contribution in [3.63, 3.8) is 0 Å². The molecule has 2 heterocycles. The largest absolute Gasteiger partial charge is 0.489 e. The van der Waals surface area contributed by atoms with Crippen molar-refractivity contribution >= 4 is 21.7 Å². The molecule has 0 aliphatic carbocycles. The molecule has 3 rings (SSSR count). The molecule has 0 fully saturated rings. The molecule has 0 amide bonds. The quantitative estimate of drug-likeness (QED) is 0.697. The summed E-state index contributed by atoms with van der Waals surface area (Å²) in [5, 5.41) is 1.77. The molecule has 5 nitrogen and oxygen atoms in total. The van der Waals surface area contributed by atoms with Gasteiger partial charge < -0.3 is 15.5 Å². The number of hydrogen-bond donors (Lipinski definition) is 2. The topological polar surface area (TPSA) is 81.0 Å². The zero-order valence-corrected chi connectivity index (χ0v) is 14.6. The van der Waals surface area contributed by atoms with Crippen molar-refractivity contribution in [2.75, 3.05) is 6.61 Å². The van der Waals surface area contributed by atoms with Crippen LogP contribution in [0.2, 0.25) is 0 Å². The van der Waals surface area contributed by atoms with Gasteiger partial charge in [-0.25, -0.2) is 4.39 Å². The number of aromatic nitrogens is 2. The maximum atomic E-state index is 14.5. The Kier molecular flexibility index (Phi) is 4.72. The van der Waals surface area contributed by atoms with Gasteiger partial charge in [0.05, 0.1) is 16.6 Å². The van der Waals surface area contributed by atoms with Crippen LogP contribution in [0.4, 0.5) is 4.39 Å². The van der Waals surface area contributed by atoms with E-state index in [1.807, 2.05) is 0 Å². The van der Waals surface area contributed by atoms with E-state index in [-0.39, 0.29) is 24.0 Å². The number of nitrogens with zero attached hydrogens (tertiary/aromatic N) is 1. The van der Waals surface area contributed by atoms with Crippen molar-refractivity contribution in [1.82, 2.24) is 9.97 Å². The Labute approximate surface area is 145 Å². The van der Waals surface area contributed by atoms with Gasteiger partial charge in [-0.2, -0.15) is 0 Å². The average molecular weight is 343 g/mol. The molecule has 0 aliphatic heterocycles. The molecule has 132 valence electrons. The SMILES string of the molecule is Cc1nccc2c1c(=O)[nH]c1cc(OCC(N)CC(C)C)c(F)cc12. The molecule has 0 radical (unpaired) electrons. The number of H-pyrrole nitrogens is 1. The van der Waals surface area contributed by atoms with E-state index in [1.165, 1.54) is 12.1 Å². The van der Waals surface area contributed by atoms with Gasteiger partial charge in [0.25, 0.3) is 5.56 Å². The van der Waals surface area contributed by atoms with Gasteiger partial charge in [-0.15, -0.1) is 0 Å². The smallest absolute Gasteiger partial charge is 0.258 e. The van der Waals surface area contributed by atoms with Crippen LogP contribution in [-0.4, -0.2) is 22.6 Å². The molecule has 6 heteroatoms. The van der Waals surface area contributed by atoms with Crippen molar-refractivity contribution in [1.29, 1.82) is 0 Å². The molecule has 0 bridgehead atoms. The summed E-state index contributed by atoms with van der Waals surface area (Å²) in [6, 6.07) is 4.46.